The fourth-order valence-electron chi connectivity index (χ4n) is 2.50. The Morgan fingerprint density at radius 1 is 1.38 bits per heavy atom. The minimum atomic E-state index is -0.655. The van der Waals surface area contributed by atoms with Gasteiger partial charge in [0.05, 0.1) is 13.2 Å². The maximum Gasteiger partial charge on any atom is 0.328 e. The molecular weight excluding hydrogens is 274 g/mol. The molecule has 0 spiro atoms. The predicted molar refractivity (Wildman–Crippen MR) is 77.3 cm³/mol. The first kappa shape index (κ1) is 17.4. The average Bonchev–Trinajstić information content (AvgIpc) is 2.95. The molecular formula is C14H25N3O4. The van der Waals surface area contributed by atoms with E-state index in [1.807, 2.05) is 6.92 Å². The molecule has 2 atom stereocenters. The lowest BCUT2D eigenvalue weighted by Gasteiger charge is -2.25. The number of carbonyl (C=O) groups is 3. The second-order valence-corrected chi connectivity index (χ2v) is 5.05. The van der Waals surface area contributed by atoms with Gasteiger partial charge in [0.2, 0.25) is 11.8 Å². The van der Waals surface area contributed by atoms with Gasteiger partial charge in [0, 0.05) is 6.54 Å². The molecule has 3 N–H and O–H groups in total. The van der Waals surface area contributed by atoms with Gasteiger partial charge in [-0.25, -0.2) is 4.79 Å². The Morgan fingerprint density at radius 3 is 2.67 bits per heavy atom. The van der Waals surface area contributed by atoms with E-state index in [1.165, 1.54) is 4.90 Å². The molecule has 120 valence electrons. The Hall–Kier alpha value is -1.63. The van der Waals surface area contributed by atoms with E-state index in [1.54, 1.807) is 6.92 Å². The normalized spacial score (nSPS) is 19.2. The van der Waals surface area contributed by atoms with Crippen LogP contribution in [0.3, 0.4) is 0 Å². The molecule has 1 saturated heterocycles. The Bertz CT molecular complexity index is 386. The fourth-order valence-corrected chi connectivity index (χ4v) is 2.50. The third-order valence-electron chi connectivity index (χ3n) is 3.52. The number of hydrogen-bond acceptors (Lipinski definition) is 5. The molecule has 0 aliphatic carbocycles. The Morgan fingerprint density at radius 2 is 2.10 bits per heavy atom. The largest absolute Gasteiger partial charge is 0.464 e. The number of carbonyl (C=O) groups excluding carboxylic acids is 3. The first-order chi connectivity index (χ1) is 10.0. The highest BCUT2D eigenvalue weighted by Gasteiger charge is 2.35. The van der Waals surface area contributed by atoms with Crippen molar-refractivity contribution in [3.05, 3.63) is 0 Å². The summed E-state index contributed by atoms with van der Waals surface area (Å²) in [6.45, 7) is 4.35. The smallest absolute Gasteiger partial charge is 0.328 e. The zero-order valence-corrected chi connectivity index (χ0v) is 12.8. The zero-order chi connectivity index (χ0) is 15.8. The van der Waals surface area contributed by atoms with E-state index < -0.39 is 18.1 Å². The van der Waals surface area contributed by atoms with Crippen LogP contribution in [-0.2, 0) is 19.1 Å². The molecule has 1 aliphatic heterocycles. The summed E-state index contributed by atoms with van der Waals surface area (Å²) in [6, 6.07) is -1.19. The molecule has 1 rings (SSSR count). The number of likely N-dealkylation sites (tertiary alicyclic amines) is 1. The van der Waals surface area contributed by atoms with Gasteiger partial charge in [-0.15, -0.1) is 0 Å². The standard InChI is InChI=1S/C14H25N3O4/c1-3-6-10(14(20)21-4-2)16-13(19)11-7-5-8-17(11)12(18)9-15/h10-11H,3-9,15H2,1-2H3,(H,16,19)/t10?,11-/m0/s1. The molecule has 21 heavy (non-hydrogen) atoms. The van der Waals surface area contributed by atoms with Crippen molar-refractivity contribution in [2.75, 3.05) is 19.7 Å². The molecule has 0 aromatic rings. The summed E-state index contributed by atoms with van der Waals surface area (Å²) in [7, 11) is 0. The van der Waals surface area contributed by atoms with Gasteiger partial charge < -0.3 is 20.7 Å². The number of nitrogens with one attached hydrogen (secondary N) is 1. The van der Waals surface area contributed by atoms with Gasteiger partial charge in [-0.2, -0.15) is 0 Å². The molecule has 0 saturated carbocycles. The van der Waals surface area contributed by atoms with Crippen molar-refractivity contribution in [2.24, 2.45) is 5.73 Å². The molecule has 1 heterocycles. The monoisotopic (exact) mass is 299 g/mol. The van der Waals surface area contributed by atoms with Gasteiger partial charge in [0.1, 0.15) is 12.1 Å². The number of rotatable bonds is 7. The number of nitrogens with two attached hydrogens (primary N) is 1. The molecule has 2 amide bonds. The van der Waals surface area contributed by atoms with Crippen molar-refractivity contribution < 1.29 is 19.1 Å². The van der Waals surface area contributed by atoms with Crippen molar-refractivity contribution in [1.82, 2.24) is 10.2 Å². The van der Waals surface area contributed by atoms with Crippen LogP contribution >= 0.6 is 0 Å². The maximum atomic E-state index is 12.3. The van der Waals surface area contributed by atoms with Crippen LogP contribution in [0.4, 0.5) is 0 Å². The van der Waals surface area contributed by atoms with E-state index in [2.05, 4.69) is 5.32 Å². The predicted octanol–water partition coefficient (Wildman–Crippen LogP) is -0.216. The molecule has 1 fully saturated rings. The van der Waals surface area contributed by atoms with Crippen LogP contribution < -0.4 is 11.1 Å². The van der Waals surface area contributed by atoms with Crippen LogP contribution in [-0.4, -0.2) is 54.5 Å². The molecule has 1 unspecified atom stereocenters. The quantitative estimate of drug-likeness (QED) is 0.633. The van der Waals surface area contributed by atoms with Crippen LogP contribution in [0.25, 0.3) is 0 Å². The van der Waals surface area contributed by atoms with Gasteiger partial charge in [-0.05, 0) is 26.2 Å². The summed E-state index contributed by atoms with van der Waals surface area (Å²) < 4.78 is 4.96. The minimum Gasteiger partial charge on any atom is -0.464 e. The third kappa shape index (κ3) is 4.70. The van der Waals surface area contributed by atoms with E-state index in [9.17, 15) is 14.4 Å². The van der Waals surface area contributed by atoms with Gasteiger partial charge in [-0.3, -0.25) is 9.59 Å². The molecule has 7 nitrogen and oxygen atoms in total. The number of nitrogens with zero attached hydrogens (tertiary/aromatic N) is 1. The molecule has 0 aromatic carbocycles. The lowest BCUT2D eigenvalue weighted by molar-refractivity contribution is -0.148. The van der Waals surface area contributed by atoms with Crippen molar-refractivity contribution >= 4 is 17.8 Å². The second-order valence-electron chi connectivity index (χ2n) is 5.05. The van der Waals surface area contributed by atoms with E-state index in [-0.39, 0.29) is 25.0 Å². The summed E-state index contributed by atoms with van der Waals surface area (Å²) in [4.78, 5) is 37.3. The first-order valence-electron chi connectivity index (χ1n) is 7.51. The molecule has 1 aliphatic rings. The van der Waals surface area contributed by atoms with Crippen molar-refractivity contribution in [2.45, 2.75) is 51.6 Å². The summed E-state index contributed by atoms with van der Waals surface area (Å²) in [5.74, 6) is -0.973. The lowest BCUT2D eigenvalue weighted by atomic mass is 10.1. The highest BCUT2D eigenvalue weighted by Crippen LogP contribution is 2.17. The SMILES string of the molecule is CCCC(NC(=O)[C@@H]1CCCN1C(=O)CN)C(=O)OCC. The van der Waals surface area contributed by atoms with E-state index in [0.29, 0.717) is 19.4 Å². The molecule has 7 heteroatoms. The molecule has 0 bridgehead atoms. The van der Waals surface area contributed by atoms with Gasteiger partial charge in [0.25, 0.3) is 0 Å². The number of amides is 2. The third-order valence-corrected chi connectivity index (χ3v) is 3.52. The summed E-state index contributed by atoms with van der Waals surface area (Å²) in [5.41, 5.74) is 5.35. The van der Waals surface area contributed by atoms with Crippen molar-refractivity contribution in [1.29, 1.82) is 0 Å². The number of ether oxygens (including phenoxy) is 1. The van der Waals surface area contributed by atoms with Crippen molar-refractivity contribution in [3.63, 3.8) is 0 Å². The van der Waals surface area contributed by atoms with Crippen LogP contribution in [0.5, 0.6) is 0 Å². The maximum absolute atomic E-state index is 12.3. The molecule has 0 radical (unpaired) electrons. The molecule has 0 aromatic heterocycles. The van der Waals surface area contributed by atoms with Gasteiger partial charge in [0.15, 0.2) is 0 Å². The van der Waals surface area contributed by atoms with Crippen molar-refractivity contribution in [3.8, 4) is 0 Å². The second kappa shape index (κ2) is 8.61. The Kier molecular flexibility index (Phi) is 7.14. The fraction of sp³-hybridized carbons (Fsp3) is 0.786. The number of esters is 1. The van der Waals surface area contributed by atoms with Gasteiger partial charge >= 0.3 is 5.97 Å². The van der Waals surface area contributed by atoms with E-state index in [4.69, 9.17) is 10.5 Å². The van der Waals surface area contributed by atoms with Crippen LogP contribution in [0.1, 0.15) is 39.5 Å². The highest BCUT2D eigenvalue weighted by molar-refractivity contribution is 5.91. The number of hydrogen-bond donors (Lipinski definition) is 2. The Labute approximate surface area is 125 Å². The van der Waals surface area contributed by atoms with Crippen LogP contribution in [0.2, 0.25) is 0 Å². The van der Waals surface area contributed by atoms with Crippen LogP contribution in [0.15, 0.2) is 0 Å². The summed E-state index contributed by atoms with van der Waals surface area (Å²) >= 11 is 0. The lowest BCUT2D eigenvalue weighted by Crippen LogP contribution is -2.52. The zero-order valence-electron chi connectivity index (χ0n) is 12.8. The average molecular weight is 299 g/mol. The van der Waals surface area contributed by atoms with Crippen LogP contribution in [0, 0.1) is 0 Å². The van der Waals surface area contributed by atoms with Gasteiger partial charge in [-0.1, -0.05) is 13.3 Å². The topological polar surface area (TPSA) is 102 Å². The summed E-state index contributed by atoms with van der Waals surface area (Å²) in [5, 5.41) is 2.71. The minimum absolute atomic E-state index is 0.111. The summed E-state index contributed by atoms with van der Waals surface area (Å²) in [6.07, 6.45) is 2.63. The first-order valence-corrected chi connectivity index (χ1v) is 7.51. The van der Waals surface area contributed by atoms with E-state index in [0.717, 1.165) is 12.8 Å². The van der Waals surface area contributed by atoms with E-state index >= 15 is 0 Å². The Balaban J connectivity index is 2.67. The highest BCUT2D eigenvalue weighted by atomic mass is 16.5.